The first kappa shape index (κ1) is 11.2. The van der Waals surface area contributed by atoms with Crippen molar-refractivity contribution in [3.63, 3.8) is 0 Å². The summed E-state index contributed by atoms with van der Waals surface area (Å²) in [6.45, 7) is 3.25. The monoisotopic (exact) mass is 270 g/mol. The molecule has 0 amide bonds. The Labute approximate surface area is 100 Å². The van der Waals surface area contributed by atoms with E-state index < -0.39 is 0 Å². The Morgan fingerprint density at radius 2 is 2.40 bits per heavy atom. The van der Waals surface area contributed by atoms with Gasteiger partial charge in [-0.3, -0.25) is 4.68 Å². The molecule has 1 fully saturated rings. The quantitative estimate of drug-likeness (QED) is 0.725. The Morgan fingerprint density at radius 3 is 3.07 bits per heavy atom. The maximum absolute atomic E-state index is 4.35. The largest absolute Gasteiger partial charge is 0.270 e. The third kappa shape index (κ3) is 3.07. The molecule has 15 heavy (non-hydrogen) atoms. The number of alkyl halides is 1. The van der Waals surface area contributed by atoms with Gasteiger partial charge >= 0.3 is 0 Å². The molecule has 0 spiro atoms. The summed E-state index contributed by atoms with van der Waals surface area (Å²) in [6.07, 6.45) is 8.33. The van der Waals surface area contributed by atoms with E-state index >= 15 is 0 Å². The summed E-state index contributed by atoms with van der Waals surface area (Å²) in [5, 5.41) is 4.35. The zero-order valence-electron chi connectivity index (χ0n) is 9.32. The van der Waals surface area contributed by atoms with E-state index in [2.05, 4.69) is 38.7 Å². The predicted octanol–water partition coefficient (Wildman–Crippen LogP) is 3.40. The fraction of sp³-hybridized carbons (Fsp3) is 0.750. The Morgan fingerprint density at radius 1 is 1.60 bits per heavy atom. The lowest BCUT2D eigenvalue weighted by Crippen LogP contribution is -2.08. The van der Waals surface area contributed by atoms with Crippen molar-refractivity contribution in [2.45, 2.75) is 50.4 Å². The van der Waals surface area contributed by atoms with Gasteiger partial charge in [0.1, 0.15) is 0 Å². The summed E-state index contributed by atoms with van der Waals surface area (Å²) in [5.41, 5.74) is 1.39. The van der Waals surface area contributed by atoms with E-state index in [0.717, 1.165) is 30.1 Å². The van der Waals surface area contributed by atoms with Gasteiger partial charge in [-0.05, 0) is 44.1 Å². The molecule has 1 aliphatic carbocycles. The lowest BCUT2D eigenvalue weighted by atomic mass is 10.1. The molecule has 1 heterocycles. The number of rotatable bonds is 6. The van der Waals surface area contributed by atoms with Crippen molar-refractivity contribution in [1.82, 2.24) is 9.78 Å². The van der Waals surface area contributed by atoms with Crippen LogP contribution in [0.4, 0.5) is 0 Å². The Kier molecular flexibility index (Phi) is 3.84. The van der Waals surface area contributed by atoms with E-state index in [1.54, 1.807) is 0 Å². The van der Waals surface area contributed by atoms with Crippen molar-refractivity contribution >= 4 is 15.9 Å². The van der Waals surface area contributed by atoms with Crippen LogP contribution in [0.1, 0.15) is 38.3 Å². The van der Waals surface area contributed by atoms with Gasteiger partial charge in [0.05, 0.1) is 0 Å². The van der Waals surface area contributed by atoms with Crippen LogP contribution < -0.4 is 0 Å². The molecule has 2 nitrogen and oxygen atoms in total. The first-order valence-electron chi connectivity index (χ1n) is 5.96. The van der Waals surface area contributed by atoms with Gasteiger partial charge in [0.2, 0.25) is 0 Å². The molecule has 0 aliphatic heterocycles. The molecule has 0 radical (unpaired) electrons. The zero-order valence-corrected chi connectivity index (χ0v) is 10.9. The van der Waals surface area contributed by atoms with Gasteiger partial charge in [0, 0.05) is 23.3 Å². The van der Waals surface area contributed by atoms with Crippen LogP contribution in [-0.4, -0.2) is 14.6 Å². The highest BCUT2D eigenvalue weighted by molar-refractivity contribution is 9.09. The molecule has 1 aromatic rings. The Bertz CT molecular complexity index is 304. The van der Waals surface area contributed by atoms with Crippen LogP contribution in [0.25, 0.3) is 0 Å². The summed E-state index contributed by atoms with van der Waals surface area (Å²) >= 11 is 3.78. The molecule has 0 N–H and O–H groups in total. The highest BCUT2D eigenvalue weighted by atomic mass is 79.9. The second-order valence-corrected chi connectivity index (χ2v) is 5.61. The summed E-state index contributed by atoms with van der Waals surface area (Å²) in [6, 6.07) is 2.16. The molecule has 1 saturated carbocycles. The first-order chi connectivity index (χ1) is 7.31. The highest BCUT2D eigenvalue weighted by Crippen LogP contribution is 2.38. The molecule has 2 rings (SSSR count). The number of aromatic nitrogens is 2. The van der Waals surface area contributed by atoms with E-state index in [4.69, 9.17) is 0 Å². The fourth-order valence-electron chi connectivity index (χ4n) is 1.96. The lowest BCUT2D eigenvalue weighted by molar-refractivity contribution is 0.560. The molecule has 0 bridgehead atoms. The molecule has 1 aliphatic rings. The maximum Gasteiger partial charge on any atom is 0.0492 e. The number of nitrogens with zero attached hydrogens (tertiary/aromatic N) is 2. The first-order valence-corrected chi connectivity index (χ1v) is 6.87. The zero-order chi connectivity index (χ0) is 10.7. The number of hydrogen-bond acceptors (Lipinski definition) is 1. The van der Waals surface area contributed by atoms with E-state index in [-0.39, 0.29) is 0 Å². The smallest absolute Gasteiger partial charge is 0.0492 e. The van der Waals surface area contributed by atoms with Gasteiger partial charge in [-0.2, -0.15) is 5.10 Å². The van der Waals surface area contributed by atoms with Crippen molar-refractivity contribution < 1.29 is 0 Å². The summed E-state index contributed by atoms with van der Waals surface area (Å²) < 4.78 is 2.15. The molecule has 84 valence electrons. The van der Waals surface area contributed by atoms with Crippen molar-refractivity contribution in [3.8, 4) is 0 Å². The average molecular weight is 271 g/mol. The Hall–Kier alpha value is -0.310. The van der Waals surface area contributed by atoms with Crippen LogP contribution >= 0.6 is 15.9 Å². The second kappa shape index (κ2) is 5.15. The van der Waals surface area contributed by atoms with Gasteiger partial charge in [-0.15, -0.1) is 0 Å². The van der Waals surface area contributed by atoms with Gasteiger partial charge < -0.3 is 0 Å². The summed E-state index contributed by atoms with van der Waals surface area (Å²) in [7, 11) is 0. The molecule has 1 aromatic heterocycles. The van der Waals surface area contributed by atoms with E-state index in [9.17, 15) is 0 Å². The summed E-state index contributed by atoms with van der Waals surface area (Å²) in [5.74, 6) is 0.951. The van der Waals surface area contributed by atoms with Crippen molar-refractivity contribution in [2.24, 2.45) is 5.92 Å². The number of aryl methyl sites for hydroxylation is 2. The topological polar surface area (TPSA) is 17.8 Å². The highest BCUT2D eigenvalue weighted by Gasteiger charge is 2.28. The second-order valence-electron chi connectivity index (χ2n) is 4.44. The average Bonchev–Trinajstić information content (AvgIpc) is 2.99. The van der Waals surface area contributed by atoms with Crippen LogP contribution in [0.5, 0.6) is 0 Å². The molecule has 1 atom stereocenters. The lowest BCUT2D eigenvalue weighted by Gasteiger charge is -2.09. The standard InChI is InChI=1S/C12H19BrN2/c1-2-9-15-11(7-8-14-15)5-6-12(13)10-3-4-10/h7-8,10,12H,2-6,9H2,1H3. The minimum absolute atomic E-state index is 0.725. The van der Waals surface area contributed by atoms with Crippen LogP contribution in [0.15, 0.2) is 12.3 Å². The van der Waals surface area contributed by atoms with Crippen LogP contribution in [0, 0.1) is 5.92 Å². The minimum atomic E-state index is 0.725. The SMILES string of the molecule is CCCn1nccc1CCC(Br)C1CC1. The van der Waals surface area contributed by atoms with E-state index in [0.29, 0.717) is 0 Å². The van der Waals surface area contributed by atoms with Crippen LogP contribution in [0.2, 0.25) is 0 Å². The fourth-order valence-corrected chi connectivity index (χ4v) is 2.72. The predicted molar refractivity (Wildman–Crippen MR) is 66.3 cm³/mol. The van der Waals surface area contributed by atoms with Crippen LogP contribution in [0.3, 0.4) is 0 Å². The Balaban J connectivity index is 1.83. The molecule has 0 saturated heterocycles. The maximum atomic E-state index is 4.35. The number of halogens is 1. The molecule has 0 aromatic carbocycles. The third-order valence-electron chi connectivity index (χ3n) is 3.05. The van der Waals surface area contributed by atoms with E-state index in [1.165, 1.54) is 25.0 Å². The molecule has 3 heteroatoms. The van der Waals surface area contributed by atoms with Crippen molar-refractivity contribution in [1.29, 1.82) is 0 Å². The minimum Gasteiger partial charge on any atom is -0.270 e. The van der Waals surface area contributed by atoms with Gasteiger partial charge in [0.25, 0.3) is 0 Å². The molecular weight excluding hydrogens is 252 g/mol. The van der Waals surface area contributed by atoms with Crippen molar-refractivity contribution in [3.05, 3.63) is 18.0 Å². The third-order valence-corrected chi connectivity index (χ3v) is 4.26. The van der Waals surface area contributed by atoms with Crippen molar-refractivity contribution in [2.75, 3.05) is 0 Å². The molecule has 1 unspecified atom stereocenters. The van der Waals surface area contributed by atoms with Crippen LogP contribution in [-0.2, 0) is 13.0 Å². The van der Waals surface area contributed by atoms with E-state index in [1.807, 2.05) is 6.20 Å². The van der Waals surface area contributed by atoms with Gasteiger partial charge in [0.15, 0.2) is 0 Å². The normalized spacial score (nSPS) is 18.0. The van der Waals surface area contributed by atoms with Gasteiger partial charge in [-0.1, -0.05) is 22.9 Å². The molecular formula is C12H19BrN2. The van der Waals surface area contributed by atoms with Gasteiger partial charge in [-0.25, -0.2) is 0 Å². The number of hydrogen-bond donors (Lipinski definition) is 0. The summed E-state index contributed by atoms with van der Waals surface area (Å²) in [4.78, 5) is 0.725.